The molecule has 2 N–H and O–H groups in total. The van der Waals surface area contributed by atoms with Gasteiger partial charge in [0, 0.05) is 74.6 Å². The van der Waals surface area contributed by atoms with Crippen LogP contribution in [0.2, 0.25) is 0 Å². The molecule has 2 aliphatic carbocycles. The van der Waals surface area contributed by atoms with Gasteiger partial charge in [0.25, 0.3) is 6.71 Å². The summed E-state index contributed by atoms with van der Waals surface area (Å²) in [6.07, 6.45) is 15.8. The third kappa shape index (κ3) is 6.40. The largest absolute Gasteiger partial charge is 0.398 e. The fraction of sp³-hybridized carbons (Fsp3) is 0.0667. The van der Waals surface area contributed by atoms with E-state index >= 15 is 0 Å². The van der Waals surface area contributed by atoms with E-state index in [2.05, 4.69) is 245 Å². The molecule has 2 atom stereocenters. The van der Waals surface area contributed by atoms with E-state index < -0.39 is 0 Å². The lowest BCUT2D eigenvalue weighted by Crippen LogP contribution is -2.61. The van der Waals surface area contributed by atoms with Crippen molar-refractivity contribution >= 4 is 92.7 Å². The molecule has 317 valence electrons. The summed E-state index contributed by atoms with van der Waals surface area (Å²) in [7, 11) is 2.42. The van der Waals surface area contributed by atoms with Gasteiger partial charge in [0.2, 0.25) is 0 Å². The normalized spacial score (nSPS) is 17.0. The Balaban J connectivity index is 1.09. The first-order valence-corrected chi connectivity index (χ1v) is 23.5. The van der Waals surface area contributed by atoms with Gasteiger partial charge >= 0.3 is 0 Å². The molecular formula is C60H46B2N5. The zero-order valence-electron chi connectivity index (χ0n) is 37.0. The van der Waals surface area contributed by atoms with Crippen molar-refractivity contribution in [3.8, 4) is 11.1 Å². The van der Waals surface area contributed by atoms with E-state index in [-0.39, 0.29) is 18.8 Å². The maximum atomic E-state index is 7.02. The molecule has 0 saturated carbocycles. The Kier molecular flexibility index (Phi) is 9.41. The van der Waals surface area contributed by atoms with Crippen LogP contribution in [0.4, 0.5) is 56.9 Å². The first kappa shape index (κ1) is 39.2. The molecule has 8 aromatic carbocycles. The molecule has 0 fully saturated rings. The number of allylic oxidation sites excluding steroid dienone is 4. The third-order valence-corrected chi connectivity index (χ3v) is 14.2. The van der Waals surface area contributed by atoms with Crippen molar-refractivity contribution < 1.29 is 0 Å². The summed E-state index contributed by atoms with van der Waals surface area (Å²) in [6.45, 7) is -0.0402. The number of nitrogens with zero attached hydrogens (tertiary/aromatic N) is 4. The molecule has 5 aliphatic rings. The second kappa shape index (κ2) is 16.1. The first-order valence-electron chi connectivity index (χ1n) is 23.5. The van der Waals surface area contributed by atoms with E-state index in [0.29, 0.717) is 0 Å². The highest BCUT2D eigenvalue weighted by atomic mass is 15.2. The number of benzene rings is 8. The molecule has 7 heteroatoms. The maximum Gasteiger partial charge on any atom is 0.251 e. The van der Waals surface area contributed by atoms with E-state index in [1.807, 2.05) is 12.1 Å². The van der Waals surface area contributed by atoms with Crippen LogP contribution in [0.25, 0.3) is 11.1 Å². The standard InChI is InChI=1S/C60H46B2N5/c63-53-32-18-16-30-48(53)49-40-57-59-60-58(49)61-50-31-17-19-33-54(50)67(60)56-39-47(65(43-24-10-3-11-25-43)44-26-12-4-13-27-44)35-37-52(56)62(59)51-36-34-46(38-55(51)66(57)45-28-14-5-15-29-45)64(41-20-6-1-7-21-41)42-22-8-2-9-23-42/h1-26,28-38,40,44,47H,27,39,63H2. The van der Waals surface area contributed by atoms with Crippen LogP contribution in [0.15, 0.2) is 242 Å². The van der Waals surface area contributed by atoms with Gasteiger partial charge in [0.1, 0.15) is 0 Å². The molecule has 5 nitrogen and oxygen atoms in total. The van der Waals surface area contributed by atoms with Crippen LogP contribution in [0.1, 0.15) is 12.8 Å². The molecule has 0 amide bonds. The summed E-state index contributed by atoms with van der Waals surface area (Å²) in [6, 6.07) is 70.6. The number of hydrogen-bond acceptors (Lipinski definition) is 5. The Bertz CT molecular complexity index is 3290. The van der Waals surface area contributed by atoms with Gasteiger partial charge in [-0.3, -0.25) is 0 Å². The van der Waals surface area contributed by atoms with Crippen molar-refractivity contribution in [2.24, 2.45) is 0 Å². The molecule has 1 radical (unpaired) electrons. The van der Waals surface area contributed by atoms with Crippen molar-refractivity contribution in [3.63, 3.8) is 0 Å². The SMILES string of the molecule is Nc1ccccc1-c1cc2c3c4c1[B]c1ccccc1N4C1=C(C=CC(N(c4ccccc4)C4C=CC=CC4)C1)B3c1ccc(N(c3ccccc3)c3ccccc3)cc1N2c1ccccc1. The summed E-state index contributed by atoms with van der Waals surface area (Å²) in [5.74, 6) is 0. The van der Waals surface area contributed by atoms with Crippen LogP contribution in [-0.4, -0.2) is 26.1 Å². The predicted molar refractivity (Wildman–Crippen MR) is 284 cm³/mol. The average molecular weight is 859 g/mol. The van der Waals surface area contributed by atoms with E-state index in [1.54, 1.807) is 0 Å². The Labute approximate surface area is 394 Å². The predicted octanol–water partition coefficient (Wildman–Crippen LogP) is 11.4. The maximum absolute atomic E-state index is 7.02. The number of para-hydroxylation sites is 6. The Morgan fingerprint density at radius 2 is 1.22 bits per heavy atom. The highest BCUT2D eigenvalue weighted by molar-refractivity contribution is 6.96. The van der Waals surface area contributed by atoms with Crippen molar-refractivity contribution in [2.75, 3.05) is 25.3 Å². The van der Waals surface area contributed by atoms with Crippen LogP contribution in [0, 0.1) is 0 Å². The Morgan fingerprint density at radius 3 is 1.94 bits per heavy atom. The molecule has 0 bridgehead atoms. The zero-order valence-corrected chi connectivity index (χ0v) is 37.0. The number of anilines is 10. The van der Waals surface area contributed by atoms with E-state index in [9.17, 15) is 0 Å². The molecule has 3 aliphatic heterocycles. The Morgan fingerprint density at radius 1 is 0.552 bits per heavy atom. The third-order valence-electron chi connectivity index (χ3n) is 14.2. The van der Waals surface area contributed by atoms with Gasteiger partial charge in [-0.25, -0.2) is 0 Å². The molecule has 0 spiro atoms. The lowest BCUT2D eigenvalue weighted by molar-refractivity contribution is 0.602. The van der Waals surface area contributed by atoms with Crippen molar-refractivity contribution in [3.05, 3.63) is 242 Å². The summed E-state index contributed by atoms with van der Waals surface area (Å²) in [5, 5.41) is 0. The van der Waals surface area contributed by atoms with Gasteiger partial charge in [-0.2, -0.15) is 0 Å². The van der Waals surface area contributed by atoms with E-state index in [1.165, 1.54) is 50.1 Å². The highest BCUT2D eigenvalue weighted by Gasteiger charge is 2.48. The molecule has 8 aromatic rings. The minimum Gasteiger partial charge on any atom is -0.398 e. The molecular weight excluding hydrogens is 812 g/mol. The molecule has 67 heavy (non-hydrogen) atoms. The van der Waals surface area contributed by atoms with Crippen LogP contribution < -0.4 is 47.2 Å². The number of nitrogen functional groups attached to an aromatic ring is 1. The van der Waals surface area contributed by atoms with Crippen molar-refractivity contribution in [1.29, 1.82) is 0 Å². The van der Waals surface area contributed by atoms with Crippen LogP contribution in [0.3, 0.4) is 0 Å². The summed E-state index contributed by atoms with van der Waals surface area (Å²) >= 11 is 0. The summed E-state index contributed by atoms with van der Waals surface area (Å²) < 4.78 is 0. The van der Waals surface area contributed by atoms with Crippen LogP contribution in [-0.2, 0) is 0 Å². The fourth-order valence-corrected chi connectivity index (χ4v) is 11.4. The number of hydrogen-bond donors (Lipinski definition) is 1. The second-order valence-electron chi connectivity index (χ2n) is 18.0. The molecule has 13 rings (SSSR count). The van der Waals surface area contributed by atoms with Gasteiger partial charge in [0.05, 0.1) is 12.1 Å². The van der Waals surface area contributed by atoms with Gasteiger partial charge in [-0.15, -0.1) is 0 Å². The second-order valence-corrected chi connectivity index (χ2v) is 18.0. The summed E-state index contributed by atoms with van der Waals surface area (Å²) in [4.78, 5) is 10.2. The lowest BCUT2D eigenvalue weighted by Gasteiger charge is -2.50. The molecule has 3 heterocycles. The van der Waals surface area contributed by atoms with Gasteiger partial charge in [0.15, 0.2) is 7.28 Å². The molecule has 2 unspecified atom stereocenters. The highest BCUT2D eigenvalue weighted by Crippen LogP contribution is 2.50. The van der Waals surface area contributed by atoms with Crippen molar-refractivity contribution in [2.45, 2.75) is 24.9 Å². The lowest BCUT2D eigenvalue weighted by atomic mass is 9.31. The van der Waals surface area contributed by atoms with Gasteiger partial charge in [-0.05, 0) is 107 Å². The Hall–Kier alpha value is -8.15. The monoisotopic (exact) mass is 858 g/mol. The van der Waals surface area contributed by atoms with Gasteiger partial charge in [-0.1, -0.05) is 163 Å². The number of rotatable bonds is 8. The van der Waals surface area contributed by atoms with E-state index in [0.717, 1.165) is 63.8 Å². The van der Waals surface area contributed by atoms with Gasteiger partial charge < -0.3 is 25.3 Å². The van der Waals surface area contributed by atoms with E-state index in [4.69, 9.17) is 5.73 Å². The average Bonchev–Trinajstić information content (AvgIpc) is 3.39. The van der Waals surface area contributed by atoms with Crippen LogP contribution in [0.5, 0.6) is 0 Å². The smallest absolute Gasteiger partial charge is 0.251 e. The van der Waals surface area contributed by atoms with Crippen LogP contribution >= 0.6 is 0 Å². The fourth-order valence-electron chi connectivity index (χ4n) is 11.4. The quantitative estimate of drug-likeness (QED) is 0.122. The number of nitrogens with two attached hydrogens (primary N) is 1. The van der Waals surface area contributed by atoms with Crippen molar-refractivity contribution in [1.82, 2.24) is 0 Å². The zero-order chi connectivity index (χ0) is 44.4. The minimum atomic E-state index is -0.0402. The molecule has 0 saturated heterocycles. The topological polar surface area (TPSA) is 39.0 Å². The molecule has 0 aromatic heterocycles. The summed E-state index contributed by atoms with van der Waals surface area (Å²) in [5.41, 5.74) is 28.0. The first-order chi connectivity index (χ1) is 33.2. The number of fused-ring (bicyclic) bond motifs is 6. The minimum absolute atomic E-state index is 0.0402.